The van der Waals surface area contributed by atoms with Crippen molar-refractivity contribution in [3.63, 3.8) is 0 Å². The van der Waals surface area contributed by atoms with Crippen LogP contribution in [0.1, 0.15) is 27.8 Å². The highest BCUT2D eigenvalue weighted by molar-refractivity contribution is 6.05. The standard InChI is InChI=1S/C58H37N3/c59-38-39-29-31-40(32-30-39)47-33-34-48(50-24-8-7-23-49(47)50)43-19-13-21-45(35-43)58(53-27-11-9-25-51(53)52-26-10-12-28-54(52)58)46-22-14-20-44(36-46)56-37-55(41-15-3-1-4-16-41)60-57(61-56)42-17-5-2-6-18-42/h1-37H. The van der Waals surface area contributed by atoms with E-state index in [-0.39, 0.29) is 0 Å². The minimum Gasteiger partial charge on any atom is -0.228 e. The van der Waals surface area contributed by atoms with E-state index in [9.17, 15) is 5.26 Å². The van der Waals surface area contributed by atoms with Crippen LogP contribution in [0, 0.1) is 11.3 Å². The summed E-state index contributed by atoms with van der Waals surface area (Å²) in [5, 5.41) is 11.8. The van der Waals surface area contributed by atoms with Crippen molar-refractivity contribution in [2.75, 3.05) is 0 Å². The lowest BCUT2D eigenvalue weighted by atomic mass is 9.67. The van der Waals surface area contributed by atoms with Crippen LogP contribution in [0.4, 0.5) is 0 Å². The second kappa shape index (κ2) is 14.9. The molecule has 0 N–H and O–H groups in total. The summed E-state index contributed by atoms with van der Waals surface area (Å²) >= 11 is 0. The van der Waals surface area contributed by atoms with Gasteiger partial charge >= 0.3 is 0 Å². The van der Waals surface area contributed by atoms with E-state index in [0.29, 0.717) is 11.4 Å². The van der Waals surface area contributed by atoms with Crippen molar-refractivity contribution in [1.29, 1.82) is 5.26 Å². The van der Waals surface area contributed by atoms with Crippen molar-refractivity contribution in [2.24, 2.45) is 0 Å². The lowest BCUT2D eigenvalue weighted by Gasteiger charge is -2.34. The minimum atomic E-state index is -0.630. The Bertz CT molecular complexity index is 3200. The molecule has 0 atom stereocenters. The summed E-state index contributed by atoms with van der Waals surface area (Å²) in [5.74, 6) is 0.693. The van der Waals surface area contributed by atoms with Gasteiger partial charge in [-0.2, -0.15) is 5.26 Å². The van der Waals surface area contributed by atoms with E-state index in [0.717, 1.165) is 44.8 Å². The molecule has 1 heterocycles. The second-order valence-corrected chi connectivity index (χ2v) is 15.6. The Morgan fingerprint density at radius 1 is 0.344 bits per heavy atom. The highest BCUT2D eigenvalue weighted by atomic mass is 14.9. The van der Waals surface area contributed by atoms with Crippen LogP contribution in [-0.2, 0) is 5.41 Å². The molecule has 0 unspecified atom stereocenters. The predicted molar refractivity (Wildman–Crippen MR) is 249 cm³/mol. The van der Waals surface area contributed by atoms with Crippen molar-refractivity contribution < 1.29 is 0 Å². The molecule has 11 rings (SSSR count). The fourth-order valence-electron chi connectivity index (χ4n) is 9.45. The minimum absolute atomic E-state index is 0.630. The molecule has 10 aromatic rings. The van der Waals surface area contributed by atoms with E-state index >= 15 is 0 Å². The Hall–Kier alpha value is -8.19. The van der Waals surface area contributed by atoms with Crippen LogP contribution in [-0.4, -0.2) is 9.97 Å². The topological polar surface area (TPSA) is 49.6 Å². The molecule has 0 saturated carbocycles. The molecular weight excluding hydrogens is 739 g/mol. The van der Waals surface area contributed by atoms with Crippen LogP contribution in [0.5, 0.6) is 0 Å². The van der Waals surface area contributed by atoms with Gasteiger partial charge in [-0.1, -0.05) is 194 Å². The molecular formula is C58H37N3. The summed E-state index contributed by atoms with van der Waals surface area (Å²) < 4.78 is 0. The zero-order valence-corrected chi connectivity index (χ0v) is 33.2. The van der Waals surface area contributed by atoms with Gasteiger partial charge in [0.1, 0.15) is 0 Å². The largest absolute Gasteiger partial charge is 0.228 e. The van der Waals surface area contributed by atoms with Gasteiger partial charge in [-0.25, -0.2) is 9.97 Å². The lowest BCUT2D eigenvalue weighted by Crippen LogP contribution is -2.28. The maximum absolute atomic E-state index is 9.44. The van der Waals surface area contributed by atoms with Gasteiger partial charge in [0.15, 0.2) is 5.82 Å². The number of fused-ring (bicyclic) bond motifs is 4. The maximum Gasteiger partial charge on any atom is 0.160 e. The lowest BCUT2D eigenvalue weighted by molar-refractivity contribution is 0.769. The van der Waals surface area contributed by atoms with Crippen LogP contribution >= 0.6 is 0 Å². The van der Waals surface area contributed by atoms with Crippen LogP contribution in [0.15, 0.2) is 224 Å². The van der Waals surface area contributed by atoms with Gasteiger partial charge in [-0.05, 0) is 96.7 Å². The van der Waals surface area contributed by atoms with Crippen LogP contribution in [0.2, 0.25) is 0 Å². The number of benzene rings is 9. The zero-order chi connectivity index (χ0) is 40.8. The maximum atomic E-state index is 9.44. The van der Waals surface area contributed by atoms with Gasteiger partial charge in [0.2, 0.25) is 0 Å². The number of hydrogen-bond acceptors (Lipinski definition) is 3. The molecule has 1 aliphatic carbocycles. The summed E-state index contributed by atoms with van der Waals surface area (Å²) in [4.78, 5) is 10.3. The van der Waals surface area contributed by atoms with E-state index in [2.05, 4.69) is 182 Å². The molecule has 3 nitrogen and oxygen atoms in total. The summed E-state index contributed by atoms with van der Waals surface area (Å²) in [6, 6.07) is 81.9. The Morgan fingerprint density at radius 3 is 1.43 bits per heavy atom. The van der Waals surface area contributed by atoms with Crippen molar-refractivity contribution >= 4 is 10.8 Å². The summed E-state index contributed by atoms with van der Waals surface area (Å²) in [6.45, 7) is 0. The molecule has 1 aliphatic rings. The molecule has 0 aliphatic heterocycles. The average Bonchev–Trinajstić information content (AvgIpc) is 3.65. The Kier molecular flexibility index (Phi) is 8.77. The van der Waals surface area contributed by atoms with Crippen LogP contribution < -0.4 is 0 Å². The number of rotatable bonds is 7. The van der Waals surface area contributed by atoms with E-state index in [1.54, 1.807) is 0 Å². The average molecular weight is 776 g/mol. The first-order valence-corrected chi connectivity index (χ1v) is 20.6. The van der Waals surface area contributed by atoms with Crippen LogP contribution in [0.25, 0.3) is 78.1 Å². The van der Waals surface area contributed by atoms with E-state index in [1.165, 1.54) is 49.7 Å². The second-order valence-electron chi connectivity index (χ2n) is 15.6. The quantitative estimate of drug-likeness (QED) is 0.162. The highest BCUT2D eigenvalue weighted by Gasteiger charge is 2.46. The molecule has 3 heteroatoms. The van der Waals surface area contributed by atoms with E-state index in [1.807, 2.05) is 48.5 Å². The number of aromatic nitrogens is 2. The third-order valence-electron chi connectivity index (χ3n) is 12.2. The SMILES string of the molecule is N#Cc1ccc(-c2ccc(-c3cccc(C4(c5cccc(-c6cc(-c7ccccc7)nc(-c7ccccc7)n6)c5)c5ccccc5-c5ccccc54)c3)c3ccccc23)cc1. The molecule has 9 aromatic carbocycles. The third-order valence-corrected chi connectivity index (χ3v) is 12.2. The molecule has 284 valence electrons. The zero-order valence-electron chi connectivity index (χ0n) is 33.2. The molecule has 61 heavy (non-hydrogen) atoms. The monoisotopic (exact) mass is 775 g/mol. The smallest absolute Gasteiger partial charge is 0.160 e. The van der Waals surface area contributed by atoms with Gasteiger partial charge in [0.25, 0.3) is 0 Å². The van der Waals surface area contributed by atoms with Gasteiger partial charge in [-0.15, -0.1) is 0 Å². The molecule has 1 aromatic heterocycles. The first kappa shape index (κ1) is 35.9. The van der Waals surface area contributed by atoms with E-state index in [4.69, 9.17) is 9.97 Å². The van der Waals surface area contributed by atoms with Crippen molar-refractivity contribution in [1.82, 2.24) is 9.97 Å². The first-order valence-electron chi connectivity index (χ1n) is 20.6. The third kappa shape index (κ3) is 6.05. The molecule has 0 fully saturated rings. The number of nitriles is 1. The molecule has 0 bridgehead atoms. The number of hydrogen-bond donors (Lipinski definition) is 0. The van der Waals surface area contributed by atoms with Gasteiger partial charge in [-0.3, -0.25) is 0 Å². The summed E-state index contributed by atoms with van der Waals surface area (Å²) in [7, 11) is 0. The molecule has 0 saturated heterocycles. The molecule has 0 radical (unpaired) electrons. The fraction of sp³-hybridized carbons (Fsp3) is 0.0172. The van der Waals surface area contributed by atoms with Gasteiger partial charge in [0.05, 0.1) is 28.4 Å². The van der Waals surface area contributed by atoms with Crippen molar-refractivity contribution in [2.45, 2.75) is 5.41 Å². The Morgan fingerprint density at radius 2 is 0.820 bits per heavy atom. The fourth-order valence-corrected chi connectivity index (χ4v) is 9.45. The summed E-state index contributed by atoms with van der Waals surface area (Å²) in [5.41, 5.74) is 16.7. The van der Waals surface area contributed by atoms with Crippen molar-refractivity contribution in [3.05, 3.63) is 252 Å². The van der Waals surface area contributed by atoms with Crippen LogP contribution in [0.3, 0.4) is 0 Å². The van der Waals surface area contributed by atoms with Gasteiger partial charge in [0, 0.05) is 16.7 Å². The molecule has 0 amide bonds. The normalized spacial score (nSPS) is 12.4. The first-order chi connectivity index (χ1) is 30.2. The summed E-state index contributed by atoms with van der Waals surface area (Å²) in [6.07, 6.45) is 0. The highest BCUT2D eigenvalue weighted by Crippen LogP contribution is 2.56. The Balaban J connectivity index is 1.12. The number of nitrogens with zero attached hydrogens (tertiary/aromatic N) is 3. The van der Waals surface area contributed by atoms with Gasteiger partial charge < -0.3 is 0 Å². The molecule has 0 spiro atoms. The Labute approximate surface area is 355 Å². The van der Waals surface area contributed by atoms with Crippen molar-refractivity contribution in [3.8, 4) is 73.4 Å². The predicted octanol–water partition coefficient (Wildman–Crippen LogP) is 14.2. The van der Waals surface area contributed by atoms with E-state index < -0.39 is 5.41 Å².